The van der Waals surface area contributed by atoms with Crippen molar-refractivity contribution in [2.24, 2.45) is 0 Å². The third kappa shape index (κ3) is 2.73. The zero-order chi connectivity index (χ0) is 15.5. The Morgan fingerprint density at radius 2 is 1.82 bits per heavy atom. The summed E-state index contributed by atoms with van der Waals surface area (Å²) >= 11 is 0. The van der Waals surface area contributed by atoms with Crippen molar-refractivity contribution in [1.29, 1.82) is 5.26 Å². The molecule has 0 spiro atoms. The van der Waals surface area contributed by atoms with Gasteiger partial charge < -0.3 is 9.80 Å². The van der Waals surface area contributed by atoms with E-state index in [4.69, 9.17) is 0 Å². The van der Waals surface area contributed by atoms with Crippen LogP contribution in [0.2, 0.25) is 0 Å². The van der Waals surface area contributed by atoms with Gasteiger partial charge in [-0.2, -0.15) is 5.26 Å². The van der Waals surface area contributed by atoms with E-state index < -0.39 is 0 Å². The molecule has 2 aromatic rings. The number of aryl methyl sites for hydroxylation is 2. The minimum absolute atomic E-state index is 0.692. The minimum atomic E-state index is 0.692. The van der Waals surface area contributed by atoms with Gasteiger partial charge in [0.1, 0.15) is 17.7 Å². The summed E-state index contributed by atoms with van der Waals surface area (Å²) in [6.07, 6.45) is 1.82. The van der Waals surface area contributed by atoms with Crippen LogP contribution in [0.15, 0.2) is 30.5 Å². The van der Waals surface area contributed by atoms with Crippen LogP contribution >= 0.6 is 0 Å². The van der Waals surface area contributed by atoms with Crippen molar-refractivity contribution in [2.45, 2.75) is 13.8 Å². The summed E-state index contributed by atoms with van der Waals surface area (Å²) in [5.74, 6) is 1.83. The summed E-state index contributed by atoms with van der Waals surface area (Å²) in [5.41, 5.74) is 2.65. The minimum Gasteiger partial charge on any atom is -0.353 e. The summed E-state index contributed by atoms with van der Waals surface area (Å²) in [6, 6.07) is 10.2. The molecule has 5 nitrogen and oxygen atoms in total. The highest BCUT2D eigenvalue weighted by molar-refractivity contribution is 5.59. The molecule has 112 valence electrons. The fourth-order valence-electron chi connectivity index (χ4n) is 2.87. The van der Waals surface area contributed by atoms with Gasteiger partial charge in [0.2, 0.25) is 0 Å². The molecule has 3 heterocycles. The number of hydrogen-bond acceptors (Lipinski definition) is 5. The molecule has 0 radical (unpaired) electrons. The van der Waals surface area contributed by atoms with Gasteiger partial charge in [-0.15, -0.1) is 0 Å². The molecule has 0 amide bonds. The zero-order valence-corrected chi connectivity index (χ0v) is 13.0. The summed E-state index contributed by atoms with van der Waals surface area (Å²) < 4.78 is 0. The van der Waals surface area contributed by atoms with Gasteiger partial charge in [0.05, 0.1) is 5.56 Å². The third-order valence-electron chi connectivity index (χ3n) is 3.99. The first-order valence-corrected chi connectivity index (χ1v) is 7.48. The molecule has 0 saturated carbocycles. The predicted molar refractivity (Wildman–Crippen MR) is 87.1 cm³/mol. The second kappa shape index (κ2) is 6.02. The van der Waals surface area contributed by atoms with E-state index in [9.17, 15) is 5.26 Å². The fourth-order valence-corrected chi connectivity index (χ4v) is 2.87. The maximum Gasteiger partial charge on any atom is 0.147 e. The van der Waals surface area contributed by atoms with Crippen LogP contribution in [-0.2, 0) is 0 Å². The Morgan fingerprint density at radius 3 is 2.45 bits per heavy atom. The monoisotopic (exact) mass is 293 g/mol. The summed E-state index contributed by atoms with van der Waals surface area (Å²) in [4.78, 5) is 13.5. The lowest BCUT2D eigenvalue weighted by Gasteiger charge is -2.36. The number of hydrogen-bond donors (Lipinski definition) is 0. The molecule has 0 unspecified atom stereocenters. The number of nitrogens with zero attached hydrogens (tertiary/aromatic N) is 5. The molecule has 1 aliphatic rings. The second-order valence-corrected chi connectivity index (χ2v) is 5.55. The van der Waals surface area contributed by atoms with Crippen molar-refractivity contribution >= 4 is 11.6 Å². The maximum absolute atomic E-state index is 9.41. The van der Waals surface area contributed by atoms with Gasteiger partial charge >= 0.3 is 0 Å². The highest BCUT2D eigenvalue weighted by Gasteiger charge is 2.22. The van der Waals surface area contributed by atoms with Crippen LogP contribution in [0, 0.1) is 25.2 Å². The predicted octanol–water partition coefficient (Wildman–Crippen LogP) is 2.29. The SMILES string of the molecule is Cc1cc(C)c(C#N)c(N2CCN(c3ccccn3)CC2)n1. The first kappa shape index (κ1) is 14.3. The molecule has 0 N–H and O–H groups in total. The van der Waals surface area contributed by atoms with Crippen molar-refractivity contribution in [3.8, 4) is 6.07 Å². The van der Waals surface area contributed by atoms with Crippen LogP contribution < -0.4 is 9.80 Å². The number of pyridine rings is 2. The normalized spacial score (nSPS) is 14.8. The summed E-state index contributed by atoms with van der Waals surface area (Å²) in [7, 11) is 0. The zero-order valence-electron chi connectivity index (χ0n) is 13.0. The molecule has 1 fully saturated rings. The fraction of sp³-hybridized carbons (Fsp3) is 0.353. The van der Waals surface area contributed by atoms with Gasteiger partial charge in [-0.05, 0) is 37.6 Å². The van der Waals surface area contributed by atoms with Crippen LogP contribution in [-0.4, -0.2) is 36.1 Å². The lowest BCUT2D eigenvalue weighted by atomic mass is 10.1. The topological polar surface area (TPSA) is 56.1 Å². The quantitative estimate of drug-likeness (QED) is 0.850. The van der Waals surface area contributed by atoms with Crippen molar-refractivity contribution in [3.63, 3.8) is 0 Å². The van der Waals surface area contributed by atoms with Crippen LogP contribution in [0.4, 0.5) is 11.6 Å². The highest BCUT2D eigenvalue weighted by Crippen LogP contribution is 2.24. The maximum atomic E-state index is 9.41. The average Bonchev–Trinajstić information content (AvgIpc) is 2.55. The first-order chi connectivity index (χ1) is 10.7. The Hall–Kier alpha value is -2.61. The molecule has 5 heteroatoms. The van der Waals surface area contributed by atoms with Gasteiger partial charge in [-0.1, -0.05) is 6.07 Å². The number of aromatic nitrogens is 2. The van der Waals surface area contributed by atoms with Gasteiger partial charge in [-0.3, -0.25) is 0 Å². The van der Waals surface area contributed by atoms with E-state index in [0.29, 0.717) is 5.56 Å². The van der Waals surface area contributed by atoms with Crippen LogP contribution in [0.1, 0.15) is 16.8 Å². The van der Waals surface area contributed by atoms with Gasteiger partial charge in [0.25, 0.3) is 0 Å². The van der Waals surface area contributed by atoms with Gasteiger partial charge in [-0.25, -0.2) is 9.97 Å². The molecule has 0 atom stereocenters. The molecule has 1 aliphatic heterocycles. The Labute approximate surface area is 130 Å². The molecule has 0 aliphatic carbocycles. The van der Waals surface area contributed by atoms with E-state index in [2.05, 4.69) is 25.8 Å². The first-order valence-electron chi connectivity index (χ1n) is 7.48. The molecule has 2 aromatic heterocycles. The smallest absolute Gasteiger partial charge is 0.147 e. The van der Waals surface area contributed by atoms with Crippen molar-refractivity contribution in [2.75, 3.05) is 36.0 Å². The number of nitriles is 1. The van der Waals surface area contributed by atoms with Crippen LogP contribution in [0.3, 0.4) is 0 Å². The number of anilines is 2. The van der Waals surface area contributed by atoms with E-state index in [1.165, 1.54) is 0 Å². The lowest BCUT2D eigenvalue weighted by Crippen LogP contribution is -2.47. The summed E-state index contributed by atoms with van der Waals surface area (Å²) in [6.45, 7) is 7.41. The van der Waals surface area contributed by atoms with Crippen molar-refractivity contribution in [1.82, 2.24) is 9.97 Å². The van der Waals surface area contributed by atoms with Crippen LogP contribution in [0.5, 0.6) is 0 Å². The Bertz CT molecular complexity index is 697. The van der Waals surface area contributed by atoms with E-state index in [1.54, 1.807) is 0 Å². The highest BCUT2D eigenvalue weighted by atomic mass is 15.3. The summed E-state index contributed by atoms with van der Waals surface area (Å²) in [5, 5.41) is 9.41. The van der Waals surface area contributed by atoms with E-state index in [1.807, 2.05) is 44.3 Å². The second-order valence-electron chi connectivity index (χ2n) is 5.55. The molecule has 0 aromatic carbocycles. The molecule has 3 rings (SSSR count). The van der Waals surface area contributed by atoms with E-state index in [0.717, 1.165) is 49.1 Å². The molecule has 1 saturated heterocycles. The lowest BCUT2D eigenvalue weighted by molar-refractivity contribution is 0.640. The molecule has 0 bridgehead atoms. The Morgan fingerprint density at radius 1 is 1.09 bits per heavy atom. The largest absolute Gasteiger partial charge is 0.353 e. The van der Waals surface area contributed by atoms with E-state index in [-0.39, 0.29) is 0 Å². The van der Waals surface area contributed by atoms with Gasteiger partial charge in [0, 0.05) is 38.1 Å². The van der Waals surface area contributed by atoms with Crippen molar-refractivity contribution in [3.05, 3.63) is 47.3 Å². The van der Waals surface area contributed by atoms with Crippen molar-refractivity contribution < 1.29 is 0 Å². The number of piperazine rings is 1. The Kier molecular flexibility index (Phi) is 3.92. The average molecular weight is 293 g/mol. The number of rotatable bonds is 2. The van der Waals surface area contributed by atoms with Crippen LogP contribution in [0.25, 0.3) is 0 Å². The van der Waals surface area contributed by atoms with E-state index >= 15 is 0 Å². The van der Waals surface area contributed by atoms with Gasteiger partial charge in [0.15, 0.2) is 0 Å². The molecule has 22 heavy (non-hydrogen) atoms. The standard InChI is InChI=1S/C17H19N5/c1-13-11-14(2)20-17(15(13)12-18)22-9-7-21(8-10-22)16-5-3-4-6-19-16/h3-6,11H,7-10H2,1-2H3. The molecular formula is C17H19N5. The molecular weight excluding hydrogens is 274 g/mol. The Balaban J connectivity index is 1.79. The third-order valence-corrected chi connectivity index (χ3v) is 3.99.